The number of hydrogen-bond acceptors (Lipinski definition) is 1. The first-order valence-corrected chi connectivity index (χ1v) is 6.18. The van der Waals surface area contributed by atoms with Gasteiger partial charge in [-0.2, -0.15) is 0 Å². The molecule has 1 atom stereocenters. The lowest BCUT2D eigenvalue weighted by Gasteiger charge is -2.25. The van der Waals surface area contributed by atoms with Crippen molar-refractivity contribution in [1.29, 1.82) is 0 Å². The smallest absolute Gasteiger partial charge is 0.0752 e. The van der Waals surface area contributed by atoms with Crippen LogP contribution in [0.3, 0.4) is 0 Å². The molecule has 1 aliphatic carbocycles. The molecule has 1 nitrogen and oxygen atoms in total. The standard InChI is InChI=1S/C13H24O/c1-3-5-9-12-11(7-4-2)8-6-10-13(12)14/h13-14H,3-10H2,1-2H3/t13-/m1/s1. The van der Waals surface area contributed by atoms with Gasteiger partial charge in [0.05, 0.1) is 6.10 Å². The minimum atomic E-state index is -0.114. The van der Waals surface area contributed by atoms with Crippen LogP contribution in [0.2, 0.25) is 0 Å². The second-order valence-electron chi connectivity index (χ2n) is 4.39. The summed E-state index contributed by atoms with van der Waals surface area (Å²) in [6.45, 7) is 4.45. The molecule has 0 saturated carbocycles. The minimum Gasteiger partial charge on any atom is -0.389 e. The number of aliphatic hydroxyl groups is 1. The van der Waals surface area contributed by atoms with Gasteiger partial charge >= 0.3 is 0 Å². The molecule has 82 valence electrons. The third-order valence-electron chi connectivity index (χ3n) is 3.16. The number of rotatable bonds is 5. The summed E-state index contributed by atoms with van der Waals surface area (Å²) >= 11 is 0. The lowest BCUT2D eigenvalue weighted by molar-refractivity contribution is 0.183. The van der Waals surface area contributed by atoms with Crippen LogP contribution in [0.4, 0.5) is 0 Å². The van der Waals surface area contributed by atoms with Crippen molar-refractivity contribution in [3.8, 4) is 0 Å². The van der Waals surface area contributed by atoms with Crippen molar-refractivity contribution in [2.45, 2.75) is 71.3 Å². The average Bonchev–Trinajstić information content (AvgIpc) is 2.18. The maximum absolute atomic E-state index is 9.93. The van der Waals surface area contributed by atoms with Gasteiger partial charge in [0.1, 0.15) is 0 Å². The highest BCUT2D eigenvalue weighted by atomic mass is 16.3. The Bertz CT molecular complexity index is 193. The summed E-state index contributed by atoms with van der Waals surface area (Å²) in [6.07, 6.45) is 9.33. The molecule has 0 radical (unpaired) electrons. The van der Waals surface area contributed by atoms with E-state index in [0.717, 1.165) is 12.8 Å². The summed E-state index contributed by atoms with van der Waals surface area (Å²) in [5.41, 5.74) is 2.96. The predicted octanol–water partition coefficient (Wildman–Crippen LogP) is 3.82. The van der Waals surface area contributed by atoms with Gasteiger partial charge in [0.15, 0.2) is 0 Å². The molecule has 14 heavy (non-hydrogen) atoms. The van der Waals surface area contributed by atoms with E-state index in [0.29, 0.717) is 0 Å². The van der Waals surface area contributed by atoms with Crippen molar-refractivity contribution >= 4 is 0 Å². The fraction of sp³-hybridized carbons (Fsp3) is 0.846. The Kier molecular flexibility index (Phi) is 5.24. The lowest BCUT2D eigenvalue weighted by Crippen LogP contribution is -2.17. The van der Waals surface area contributed by atoms with E-state index < -0.39 is 0 Å². The zero-order valence-corrected chi connectivity index (χ0v) is 9.68. The Morgan fingerprint density at radius 1 is 1.21 bits per heavy atom. The largest absolute Gasteiger partial charge is 0.389 e. The summed E-state index contributed by atoms with van der Waals surface area (Å²) < 4.78 is 0. The fourth-order valence-corrected chi connectivity index (χ4v) is 2.38. The summed E-state index contributed by atoms with van der Waals surface area (Å²) in [4.78, 5) is 0. The van der Waals surface area contributed by atoms with Crippen LogP contribution >= 0.6 is 0 Å². The summed E-state index contributed by atoms with van der Waals surface area (Å²) in [5, 5.41) is 9.93. The van der Waals surface area contributed by atoms with Crippen molar-refractivity contribution in [3.63, 3.8) is 0 Å². The monoisotopic (exact) mass is 196 g/mol. The molecule has 0 unspecified atom stereocenters. The minimum absolute atomic E-state index is 0.114. The van der Waals surface area contributed by atoms with Gasteiger partial charge in [-0.1, -0.05) is 32.3 Å². The molecule has 0 saturated heterocycles. The molecule has 0 aliphatic heterocycles. The molecule has 0 aromatic rings. The number of unbranched alkanes of at least 4 members (excludes halogenated alkanes) is 1. The average molecular weight is 196 g/mol. The van der Waals surface area contributed by atoms with Gasteiger partial charge in [0, 0.05) is 0 Å². The number of allylic oxidation sites excluding steroid dienone is 1. The Balaban J connectivity index is 2.64. The molecule has 0 amide bonds. The predicted molar refractivity (Wildman–Crippen MR) is 61.3 cm³/mol. The SMILES string of the molecule is CCCCC1=C(CCC)CCC[C@H]1O. The van der Waals surface area contributed by atoms with E-state index in [9.17, 15) is 5.11 Å². The molecule has 1 aliphatic rings. The molecular weight excluding hydrogens is 172 g/mol. The Morgan fingerprint density at radius 3 is 2.64 bits per heavy atom. The van der Waals surface area contributed by atoms with Crippen molar-refractivity contribution in [1.82, 2.24) is 0 Å². The van der Waals surface area contributed by atoms with Gasteiger partial charge in [0.25, 0.3) is 0 Å². The van der Waals surface area contributed by atoms with E-state index in [-0.39, 0.29) is 6.10 Å². The summed E-state index contributed by atoms with van der Waals surface area (Å²) in [5.74, 6) is 0. The Hall–Kier alpha value is -0.300. The zero-order valence-electron chi connectivity index (χ0n) is 9.68. The molecule has 1 N–H and O–H groups in total. The van der Waals surface area contributed by atoms with Crippen molar-refractivity contribution in [3.05, 3.63) is 11.1 Å². The number of aliphatic hydroxyl groups excluding tert-OH is 1. The van der Waals surface area contributed by atoms with E-state index in [1.807, 2.05) is 0 Å². The fourth-order valence-electron chi connectivity index (χ4n) is 2.38. The van der Waals surface area contributed by atoms with E-state index >= 15 is 0 Å². The van der Waals surface area contributed by atoms with E-state index in [4.69, 9.17) is 0 Å². The van der Waals surface area contributed by atoms with Crippen LogP contribution in [0, 0.1) is 0 Å². The molecular formula is C13H24O. The second-order valence-corrected chi connectivity index (χ2v) is 4.39. The molecule has 0 fully saturated rings. The third kappa shape index (κ3) is 3.13. The highest BCUT2D eigenvalue weighted by Gasteiger charge is 2.19. The summed E-state index contributed by atoms with van der Waals surface area (Å²) in [7, 11) is 0. The maximum atomic E-state index is 9.93. The van der Waals surface area contributed by atoms with Crippen LogP contribution < -0.4 is 0 Å². The van der Waals surface area contributed by atoms with Crippen molar-refractivity contribution in [2.24, 2.45) is 0 Å². The van der Waals surface area contributed by atoms with Crippen molar-refractivity contribution < 1.29 is 5.11 Å². The first kappa shape index (κ1) is 11.8. The number of hydrogen-bond donors (Lipinski definition) is 1. The topological polar surface area (TPSA) is 20.2 Å². The molecule has 1 heteroatoms. The molecule has 0 aromatic carbocycles. The van der Waals surface area contributed by atoms with Crippen molar-refractivity contribution in [2.75, 3.05) is 0 Å². The first-order chi connectivity index (χ1) is 6.79. The van der Waals surface area contributed by atoms with E-state index in [1.165, 1.54) is 44.1 Å². The summed E-state index contributed by atoms with van der Waals surface area (Å²) in [6, 6.07) is 0. The Morgan fingerprint density at radius 2 is 2.00 bits per heavy atom. The molecule has 0 aromatic heterocycles. The molecule has 0 heterocycles. The van der Waals surface area contributed by atoms with Crippen LogP contribution in [0.15, 0.2) is 11.1 Å². The van der Waals surface area contributed by atoms with Gasteiger partial charge in [-0.05, 0) is 44.1 Å². The highest BCUT2D eigenvalue weighted by molar-refractivity contribution is 5.21. The van der Waals surface area contributed by atoms with Gasteiger partial charge in [0.2, 0.25) is 0 Å². The van der Waals surface area contributed by atoms with Gasteiger partial charge in [-0.15, -0.1) is 0 Å². The van der Waals surface area contributed by atoms with Crippen LogP contribution in [-0.2, 0) is 0 Å². The third-order valence-corrected chi connectivity index (χ3v) is 3.16. The normalized spacial score (nSPS) is 22.9. The zero-order chi connectivity index (χ0) is 10.4. The lowest BCUT2D eigenvalue weighted by atomic mass is 9.85. The van der Waals surface area contributed by atoms with Crippen LogP contribution in [0.1, 0.15) is 65.2 Å². The first-order valence-electron chi connectivity index (χ1n) is 6.18. The van der Waals surface area contributed by atoms with E-state index in [1.54, 1.807) is 5.57 Å². The van der Waals surface area contributed by atoms with E-state index in [2.05, 4.69) is 13.8 Å². The molecule has 1 rings (SSSR count). The van der Waals surface area contributed by atoms with Crippen LogP contribution in [0.5, 0.6) is 0 Å². The van der Waals surface area contributed by atoms with Gasteiger partial charge in [-0.25, -0.2) is 0 Å². The van der Waals surface area contributed by atoms with Crippen LogP contribution in [0.25, 0.3) is 0 Å². The quantitative estimate of drug-likeness (QED) is 0.663. The van der Waals surface area contributed by atoms with Gasteiger partial charge < -0.3 is 5.11 Å². The van der Waals surface area contributed by atoms with Gasteiger partial charge in [-0.3, -0.25) is 0 Å². The maximum Gasteiger partial charge on any atom is 0.0752 e. The second kappa shape index (κ2) is 6.23. The highest BCUT2D eigenvalue weighted by Crippen LogP contribution is 2.31. The molecule has 0 spiro atoms. The molecule has 0 bridgehead atoms. The van der Waals surface area contributed by atoms with Crippen LogP contribution in [-0.4, -0.2) is 11.2 Å². The Labute approximate surface area is 88.2 Å².